The van der Waals surface area contributed by atoms with Gasteiger partial charge in [0.2, 0.25) is 5.88 Å². The zero-order valence-electron chi connectivity index (χ0n) is 9.88. The molecule has 0 spiro atoms. The van der Waals surface area contributed by atoms with Gasteiger partial charge in [-0.25, -0.2) is 14.9 Å². The van der Waals surface area contributed by atoms with E-state index in [0.717, 1.165) is 0 Å². The van der Waals surface area contributed by atoms with Crippen molar-refractivity contribution in [3.63, 3.8) is 0 Å². The standard InChI is InChI=1S/C9H12N6O2S/c1-3-15-8(16)13-14-9(15)18-7-5(10)6(17-2)11-4-12-7/h4H,3,10H2,1-2H3,(H,13,16). The van der Waals surface area contributed by atoms with Gasteiger partial charge in [-0.3, -0.25) is 4.57 Å². The van der Waals surface area contributed by atoms with Crippen molar-refractivity contribution in [1.82, 2.24) is 24.7 Å². The lowest BCUT2D eigenvalue weighted by Gasteiger charge is -2.06. The van der Waals surface area contributed by atoms with Gasteiger partial charge in [0, 0.05) is 6.54 Å². The molecule has 18 heavy (non-hydrogen) atoms. The van der Waals surface area contributed by atoms with E-state index in [-0.39, 0.29) is 5.69 Å². The molecule has 9 heteroatoms. The van der Waals surface area contributed by atoms with Crippen LogP contribution < -0.4 is 16.2 Å². The van der Waals surface area contributed by atoms with E-state index in [2.05, 4.69) is 20.2 Å². The summed E-state index contributed by atoms with van der Waals surface area (Å²) in [4.78, 5) is 19.3. The number of anilines is 1. The Balaban J connectivity index is 2.37. The molecule has 2 aromatic rings. The minimum atomic E-state index is -0.264. The van der Waals surface area contributed by atoms with Gasteiger partial charge in [0.05, 0.1) is 7.11 Å². The first kappa shape index (κ1) is 12.4. The molecule has 0 aliphatic rings. The van der Waals surface area contributed by atoms with E-state index < -0.39 is 0 Å². The van der Waals surface area contributed by atoms with Crippen molar-refractivity contribution >= 4 is 17.4 Å². The van der Waals surface area contributed by atoms with Crippen molar-refractivity contribution in [3.05, 3.63) is 16.8 Å². The Morgan fingerprint density at radius 3 is 3.00 bits per heavy atom. The van der Waals surface area contributed by atoms with Gasteiger partial charge >= 0.3 is 5.69 Å². The molecule has 8 nitrogen and oxygen atoms in total. The number of hydrogen-bond donors (Lipinski definition) is 2. The first-order chi connectivity index (χ1) is 8.67. The van der Waals surface area contributed by atoms with Gasteiger partial charge in [0.25, 0.3) is 0 Å². The molecule has 0 aromatic carbocycles. The fourth-order valence-electron chi connectivity index (χ4n) is 1.35. The molecule has 0 saturated heterocycles. The zero-order chi connectivity index (χ0) is 13.1. The van der Waals surface area contributed by atoms with E-state index in [9.17, 15) is 4.79 Å². The number of nitrogens with zero attached hydrogens (tertiary/aromatic N) is 4. The molecule has 0 atom stereocenters. The van der Waals surface area contributed by atoms with Gasteiger partial charge in [0.1, 0.15) is 17.0 Å². The maximum Gasteiger partial charge on any atom is 0.343 e. The molecule has 0 unspecified atom stereocenters. The first-order valence-corrected chi connectivity index (χ1v) is 5.96. The summed E-state index contributed by atoms with van der Waals surface area (Å²) < 4.78 is 6.48. The van der Waals surface area contributed by atoms with Crippen LogP contribution in [0.1, 0.15) is 6.92 Å². The average molecular weight is 268 g/mol. The lowest BCUT2D eigenvalue weighted by atomic mass is 10.5. The van der Waals surface area contributed by atoms with E-state index in [0.29, 0.717) is 28.3 Å². The second-order valence-corrected chi connectivity index (χ2v) is 4.22. The summed E-state index contributed by atoms with van der Waals surface area (Å²) in [6.45, 7) is 2.37. The number of nitrogen functional groups attached to an aromatic ring is 1. The minimum absolute atomic E-state index is 0.264. The Hall–Kier alpha value is -2.03. The van der Waals surface area contributed by atoms with Crippen LogP contribution in [0.5, 0.6) is 5.88 Å². The van der Waals surface area contributed by atoms with Crippen LogP contribution in [0.25, 0.3) is 0 Å². The fraction of sp³-hybridized carbons (Fsp3) is 0.333. The van der Waals surface area contributed by atoms with Crippen molar-refractivity contribution in [1.29, 1.82) is 0 Å². The topological polar surface area (TPSA) is 112 Å². The maximum absolute atomic E-state index is 11.4. The molecule has 96 valence electrons. The highest BCUT2D eigenvalue weighted by Crippen LogP contribution is 2.32. The predicted molar refractivity (Wildman–Crippen MR) is 65.6 cm³/mol. The molecule has 3 N–H and O–H groups in total. The third-order valence-corrected chi connectivity index (χ3v) is 3.24. The molecule has 0 bridgehead atoms. The third kappa shape index (κ3) is 2.16. The van der Waals surface area contributed by atoms with Crippen LogP contribution in [0.4, 0.5) is 5.69 Å². The van der Waals surface area contributed by atoms with Crippen LogP contribution in [-0.2, 0) is 6.54 Å². The first-order valence-electron chi connectivity index (χ1n) is 5.14. The minimum Gasteiger partial charge on any atom is -0.479 e. The van der Waals surface area contributed by atoms with Crippen molar-refractivity contribution < 1.29 is 4.74 Å². The fourth-order valence-corrected chi connectivity index (χ4v) is 2.24. The molecule has 0 fully saturated rings. The normalized spacial score (nSPS) is 10.6. The largest absolute Gasteiger partial charge is 0.479 e. The van der Waals surface area contributed by atoms with Crippen molar-refractivity contribution in [2.24, 2.45) is 0 Å². The number of aromatic nitrogens is 5. The van der Waals surface area contributed by atoms with Gasteiger partial charge in [-0.05, 0) is 18.7 Å². The summed E-state index contributed by atoms with van der Waals surface area (Å²) in [5.74, 6) is 0.299. The lowest BCUT2D eigenvalue weighted by Crippen LogP contribution is -2.16. The number of methoxy groups -OCH3 is 1. The smallest absolute Gasteiger partial charge is 0.343 e. The Bertz CT molecular complexity index is 607. The van der Waals surface area contributed by atoms with Crippen LogP contribution in [0.15, 0.2) is 21.3 Å². The quantitative estimate of drug-likeness (QED) is 0.757. The van der Waals surface area contributed by atoms with Crippen molar-refractivity contribution in [2.45, 2.75) is 23.7 Å². The highest BCUT2D eigenvalue weighted by atomic mass is 32.2. The van der Waals surface area contributed by atoms with E-state index in [4.69, 9.17) is 10.5 Å². The molecule has 0 saturated carbocycles. The molecule has 0 aliphatic heterocycles. The number of rotatable bonds is 4. The molecule has 2 aromatic heterocycles. The van der Waals surface area contributed by atoms with Crippen LogP contribution >= 0.6 is 11.8 Å². The number of H-pyrrole nitrogens is 1. The second kappa shape index (κ2) is 5.08. The van der Waals surface area contributed by atoms with Gasteiger partial charge in [0.15, 0.2) is 5.16 Å². The average Bonchev–Trinajstić information content (AvgIpc) is 2.72. The summed E-state index contributed by atoms with van der Waals surface area (Å²) in [5.41, 5.74) is 5.90. The number of ether oxygens (including phenoxy) is 1. The maximum atomic E-state index is 11.4. The van der Waals surface area contributed by atoms with E-state index in [1.165, 1.54) is 29.8 Å². The Kier molecular flexibility index (Phi) is 3.51. The SMILES string of the molecule is CCn1c(Sc2ncnc(OC)c2N)n[nH]c1=O. The third-order valence-electron chi connectivity index (χ3n) is 2.23. The van der Waals surface area contributed by atoms with Crippen LogP contribution in [0, 0.1) is 0 Å². The Morgan fingerprint density at radius 2 is 2.33 bits per heavy atom. The Labute approximate surface area is 107 Å². The molecular weight excluding hydrogens is 256 g/mol. The van der Waals surface area contributed by atoms with E-state index >= 15 is 0 Å². The molecular formula is C9H12N6O2S. The molecule has 0 radical (unpaired) electrons. The monoisotopic (exact) mass is 268 g/mol. The number of hydrogen-bond acceptors (Lipinski definition) is 7. The Morgan fingerprint density at radius 1 is 1.56 bits per heavy atom. The highest BCUT2D eigenvalue weighted by Gasteiger charge is 2.14. The van der Waals surface area contributed by atoms with Crippen LogP contribution in [-0.4, -0.2) is 31.8 Å². The molecule has 2 rings (SSSR count). The van der Waals surface area contributed by atoms with E-state index in [1.807, 2.05) is 6.92 Å². The zero-order valence-corrected chi connectivity index (χ0v) is 10.7. The van der Waals surface area contributed by atoms with Gasteiger partial charge in [-0.1, -0.05) is 0 Å². The summed E-state index contributed by atoms with van der Waals surface area (Å²) in [5, 5.41) is 7.28. The molecule has 0 aliphatic carbocycles. The lowest BCUT2D eigenvalue weighted by molar-refractivity contribution is 0.397. The van der Waals surface area contributed by atoms with Crippen molar-refractivity contribution in [2.75, 3.05) is 12.8 Å². The summed E-state index contributed by atoms with van der Waals surface area (Å²) in [6.07, 6.45) is 1.35. The number of nitrogens with two attached hydrogens (primary N) is 1. The van der Waals surface area contributed by atoms with Gasteiger partial charge in [-0.2, -0.15) is 4.98 Å². The summed E-state index contributed by atoms with van der Waals surface area (Å²) in [6, 6.07) is 0. The van der Waals surface area contributed by atoms with Gasteiger partial charge in [-0.15, -0.1) is 5.10 Å². The number of aromatic amines is 1. The van der Waals surface area contributed by atoms with Crippen LogP contribution in [0.2, 0.25) is 0 Å². The van der Waals surface area contributed by atoms with Gasteiger partial charge < -0.3 is 10.5 Å². The summed E-state index contributed by atoms with van der Waals surface area (Å²) in [7, 11) is 1.48. The number of nitrogens with one attached hydrogen (secondary N) is 1. The van der Waals surface area contributed by atoms with E-state index in [1.54, 1.807) is 0 Å². The molecule has 0 amide bonds. The predicted octanol–water partition coefficient (Wildman–Crippen LogP) is 0.123. The molecule has 2 heterocycles. The van der Waals surface area contributed by atoms with Crippen LogP contribution in [0.3, 0.4) is 0 Å². The second-order valence-electron chi connectivity index (χ2n) is 3.26. The summed E-state index contributed by atoms with van der Waals surface area (Å²) >= 11 is 1.18. The van der Waals surface area contributed by atoms with Crippen molar-refractivity contribution in [3.8, 4) is 5.88 Å². The highest BCUT2D eigenvalue weighted by molar-refractivity contribution is 7.99.